The second-order valence-electron chi connectivity index (χ2n) is 5.06. The van der Waals surface area contributed by atoms with Crippen LogP contribution in [0.15, 0.2) is 35.7 Å². The number of rotatable bonds is 5. The lowest BCUT2D eigenvalue weighted by Gasteiger charge is -2.02. The summed E-state index contributed by atoms with van der Waals surface area (Å²) >= 11 is 1.51. The SMILES string of the molecule is CC1CC1C(=O)OCc1csc(Nc2ccccc2)n1. The highest BCUT2D eigenvalue weighted by atomic mass is 32.1. The molecule has 3 rings (SSSR count). The Kier molecular flexibility index (Phi) is 3.69. The van der Waals surface area contributed by atoms with Crippen molar-refractivity contribution in [1.82, 2.24) is 4.98 Å². The van der Waals surface area contributed by atoms with Crippen LogP contribution in [0.4, 0.5) is 10.8 Å². The highest BCUT2D eigenvalue weighted by molar-refractivity contribution is 7.13. The van der Waals surface area contributed by atoms with Gasteiger partial charge in [0.1, 0.15) is 6.61 Å². The number of para-hydroxylation sites is 1. The molecule has 0 aliphatic heterocycles. The Labute approximate surface area is 121 Å². The molecule has 0 amide bonds. The molecular formula is C15H16N2O2S. The molecule has 0 bridgehead atoms. The molecule has 1 aliphatic rings. The van der Waals surface area contributed by atoms with E-state index in [1.165, 1.54) is 11.3 Å². The van der Waals surface area contributed by atoms with Crippen LogP contribution in [-0.4, -0.2) is 11.0 Å². The Morgan fingerprint density at radius 2 is 2.20 bits per heavy atom. The fraction of sp³-hybridized carbons (Fsp3) is 0.333. The summed E-state index contributed by atoms with van der Waals surface area (Å²) in [6.07, 6.45) is 0.955. The van der Waals surface area contributed by atoms with Gasteiger partial charge in [0.25, 0.3) is 0 Å². The maximum Gasteiger partial charge on any atom is 0.309 e. The van der Waals surface area contributed by atoms with Gasteiger partial charge in [0.2, 0.25) is 0 Å². The smallest absolute Gasteiger partial charge is 0.309 e. The van der Waals surface area contributed by atoms with E-state index in [1.807, 2.05) is 35.7 Å². The molecule has 2 unspecified atom stereocenters. The zero-order valence-corrected chi connectivity index (χ0v) is 12.0. The third-order valence-corrected chi connectivity index (χ3v) is 4.16. The molecular weight excluding hydrogens is 272 g/mol. The summed E-state index contributed by atoms with van der Waals surface area (Å²) in [4.78, 5) is 16.0. The molecule has 0 radical (unpaired) electrons. The number of nitrogens with zero attached hydrogens (tertiary/aromatic N) is 1. The number of carbonyl (C=O) groups is 1. The minimum atomic E-state index is -0.0944. The van der Waals surface area contributed by atoms with E-state index in [1.54, 1.807) is 0 Å². The van der Waals surface area contributed by atoms with Crippen molar-refractivity contribution in [2.75, 3.05) is 5.32 Å². The maximum absolute atomic E-state index is 11.6. The highest BCUT2D eigenvalue weighted by Crippen LogP contribution is 2.38. The zero-order chi connectivity index (χ0) is 13.9. The summed E-state index contributed by atoms with van der Waals surface area (Å²) in [6, 6.07) is 9.87. The summed E-state index contributed by atoms with van der Waals surface area (Å²) < 4.78 is 5.26. The molecule has 1 aliphatic carbocycles. The summed E-state index contributed by atoms with van der Waals surface area (Å²) in [5.74, 6) is 0.492. The van der Waals surface area contributed by atoms with Gasteiger partial charge >= 0.3 is 5.97 Å². The van der Waals surface area contributed by atoms with Crippen LogP contribution in [0.2, 0.25) is 0 Å². The molecule has 1 aromatic heterocycles. The Morgan fingerprint density at radius 1 is 1.45 bits per heavy atom. The normalized spacial score (nSPS) is 20.4. The van der Waals surface area contributed by atoms with Crippen LogP contribution in [0.25, 0.3) is 0 Å². The lowest BCUT2D eigenvalue weighted by Crippen LogP contribution is -2.07. The fourth-order valence-electron chi connectivity index (χ4n) is 1.98. The molecule has 1 saturated carbocycles. The van der Waals surface area contributed by atoms with Crippen LogP contribution in [0.5, 0.6) is 0 Å². The third-order valence-electron chi connectivity index (χ3n) is 3.35. The van der Waals surface area contributed by atoms with Crippen molar-refractivity contribution in [3.8, 4) is 0 Å². The van der Waals surface area contributed by atoms with Crippen molar-refractivity contribution in [3.05, 3.63) is 41.4 Å². The van der Waals surface area contributed by atoms with Crippen molar-refractivity contribution in [2.45, 2.75) is 20.0 Å². The lowest BCUT2D eigenvalue weighted by molar-refractivity contribution is -0.146. The standard InChI is InChI=1S/C15H16N2O2S/c1-10-7-13(10)14(18)19-8-12-9-20-15(17-12)16-11-5-3-2-4-6-11/h2-6,9-10,13H,7-8H2,1H3,(H,16,17). The number of hydrogen-bond acceptors (Lipinski definition) is 5. The number of anilines is 2. The predicted molar refractivity (Wildman–Crippen MR) is 78.9 cm³/mol. The Bertz CT molecular complexity index is 597. The molecule has 2 aromatic rings. The molecule has 4 nitrogen and oxygen atoms in total. The second kappa shape index (κ2) is 5.63. The van der Waals surface area contributed by atoms with Crippen molar-refractivity contribution in [2.24, 2.45) is 11.8 Å². The van der Waals surface area contributed by atoms with E-state index in [9.17, 15) is 4.79 Å². The molecule has 1 fully saturated rings. The van der Waals surface area contributed by atoms with Gasteiger partial charge < -0.3 is 10.1 Å². The summed E-state index contributed by atoms with van der Waals surface area (Å²) in [5.41, 5.74) is 1.78. The van der Waals surface area contributed by atoms with Gasteiger partial charge in [0.05, 0.1) is 11.6 Å². The van der Waals surface area contributed by atoms with E-state index in [4.69, 9.17) is 4.74 Å². The number of esters is 1. The lowest BCUT2D eigenvalue weighted by atomic mass is 10.3. The van der Waals surface area contributed by atoms with Crippen LogP contribution in [-0.2, 0) is 16.1 Å². The van der Waals surface area contributed by atoms with Gasteiger partial charge in [-0.2, -0.15) is 0 Å². The van der Waals surface area contributed by atoms with E-state index < -0.39 is 0 Å². The predicted octanol–water partition coefficient (Wildman–Crippen LogP) is 3.59. The van der Waals surface area contributed by atoms with Gasteiger partial charge in [-0.05, 0) is 24.5 Å². The summed E-state index contributed by atoms with van der Waals surface area (Å²) in [6.45, 7) is 2.33. The van der Waals surface area contributed by atoms with Gasteiger partial charge in [-0.15, -0.1) is 11.3 Å². The summed E-state index contributed by atoms with van der Waals surface area (Å²) in [7, 11) is 0. The number of ether oxygens (including phenoxy) is 1. The van der Waals surface area contributed by atoms with Crippen molar-refractivity contribution >= 4 is 28.1 Å². The molecule has 1 N–H and O–H groups in total. The Morgan fingerprint density at radius 3 is 2.90 bits per heavy atom. The van der Waals surface area contributed by atoms with Gasteiger partial charge in [0, 0.05) is 11.1 Å². The van der Waals surface area contributed by atoms with Crippen LogP contribution in [0.3, 0.4) is 0 Å². The van der Waals surface area contributed by atoms with Gasteiger partial charge in [0.15, 0.2) is 5.13 Å². The first-order valence-corrected chi connectivity index (χ1v) is 7.53. The maximum atomic E-state index is 11.6. The minimum absolute atomic E-state index is 0.0944. The van der Waals surface area contributed by atoms with Crippen molar-refractivity contribution < 1.29 is 9.53 Å². The molecule has 5 heteroatoms. The van der Waals surface area contributed by atoms with E-state index in [0.29, 0.717) is 5.92 Å². The van der Waals surface area contributed by atoms with Crippen LogP contribution in [0, 0.1) is 11.8 Å². The molecule has 20 heavy (non-hydrogen) atoms. The van der Waals surface area contributed by atoms with E-state index in [-0.39, 0.29) is 18.5 Å². The van der Waals surface area contributed by atoms with Gasteiger partial charge in [-0.25, -0.2) is 4.98 Å². The largest absolute Gasteiger partial charge is 0.459 e. The van der Waals surface area contributed by atoms with Crippen molar-refractivity contribution in [1.29, 1.82) is 0 Å². The molecule has 0 spiro atoms. The topological polar surface area (TPSA) is 51.2 Å². The van der Waals surface area contributed by atoms with Gasteiger partial charge in [-0.1, -0.05) is 25.1 Å². The summed E-state index contributed by atoms with van der Waals surface area (Å²) in [5, 5.41) is 5.94. The third kappa shape index (κ3) is 3.17. The first-order chi connectivity index (χ1) is 9.72. The second-order valence-corrected chi connectivity index (χ2v) is 5.92. The first kappa shape index (κ1) is 13.1. The zero-order valence-electron chi connectivity index (χ0n) is 11.2. The molecule has 2 atom stereocenters. The number of benzene rings is 1. The van der Waals surface area contributed by atoms with Crippen LogP contribution >= 0.6 is 11.3 Å². The molecule has 1 aromatic carbocycles. The van der Waals surface area contributed by atoms with Gasteiger partial charge in [-0.3, -0.25) is 4.79 Å². The van der Waals surface area contributed by atoms with Crippen LogP contribution in [0.1, 0.15) is 19.0 Å². The van der Waals surface area contributed by atoms with E-state index >= 15 is 0 Å². The van der Waals surface area contributed by atoms with Crippen LogP contribution < -0.4 is 5.32 Å². The number of nitrogens with one attached hydrogen (secondary N) is 1. The monoisotopic (exact) mass is 288 g/mol. The highest BCUT2D eigenvalue weighted by Gasteiger charge is 2.40. The molecule has 104 valence electrons. The van der Waals surface area contributed by atoms with E-state index in [2.05, 4.69) is 17.2 Å². The molecule has 0 saturated heterocycles. The fourth-order valence-corrected chi connectivity index (χ4v) is 2.69. The number of carbonyl (C=O) groups excluding carboxylic acids is 1. The van der Waals surface area contributed by atoms with E-state index in [0.717, 1.165) is 22.9 Å². The average molecular weight is 288 g/mol. The first-order valence-electron chi connectivity index (χ1n) is 6.65. The Hall–Kier alpha value is -1.88. The molecule has 1 heterocycles. The number of hydrogen-bond donors (Lipinski definition) is 1. The minimum Gasteiger partial charge on any atom is -0.459 e. The van der Waals surface area contributed by atoms with Crippen molar-refractivity contribution in [3.63, 3.8) is 0 Å². The number of thiazole rings is 1. The number of aromatic nitrogens is 1. The average Bonchev–Trinajstić information content (AvgIpc) is 3.02. The Balaban J connectivity index is 1.53. The quantitative estimate of drug-likeness (QED) is 0.854.